The fourth-order valence-corrected chi connectivity index (χ4v) is 3.19. The zero-order chi connectivity index (χ0) is 15.3. The summed E-state index contributed by atoms with van der Waals surface area (Å²) in [6, 6.07) is -0.563. The van der Waals surface area contributed by atoms with E-state index in [1.807, 2.05) is 0 Å². The van der Waals surface area contributed by atoms with Gasteiger partial charge in [0, 0.05) is 12.5 Å². The average Bonchev–Trinajstić information content (AvgIpc) is 2.22. The van der Waals surface area contributed by atoms with E-state index in [4.69, 9.17) is 5.11 Å². The minimum Gasteiger partial charge on any atom is -0.480 e. The van der Waals surface area contributed by atoms with Gasteiger partial charge in [0.25, 0.3) is 0 Å². The zero-order valence-corrected chi connectivity index (χ0v) is 11.6. The topological polar surface area (TPSA) is 74.7 Å². The van der Waals surface area contributed by atoms with Gasteiger partial charge in [0.15, 0.2) is 0 Å². The Labute approximate surface area is 110 Å². The highest BCUT2D eigenvalue weighted by Crippen LogP contribution is 2.22. The number of carbonyl (C=O) groups is 1. The summed E-state index contributed by atoms with van der Waals surface area (Å²) in [5, 5.41) is 8.66. The van der Waals surface area contributed by atoms with E-state index in [9.17, 15) is 26.4 Å². The lowest BCUT2D eigenvalue weighted by Gasteiger charge is -2.26. The van der Waals surface area contributed by atoms with Gasteiger partial charge in [0.2, 0.25) is 10.0 Å². The number of carboxylic acid groups (broad SMARTS) is 1. The lowest BCUT2D eigenvalue weighted by Crippen LogP contribution is -2.43. The van der Waals surface area contributed by atoms with Crippen molar-refractivity contribution in [2.24, 2.45) is 0 Å². The maximum atomic E-state index is 12.0. The molecule has 0 aromatic carbocycles. The van der Waals surface area contributed by atoms with Crippen LogP contribution in [0.15, 0.2) is 0 Å². The quantitative estimate of drug-likeness (QED) is 0.742. The van der Waals surface area contributed by atoms with Crippen LogP contribution in [0.2, 0.25) is 0 Å². The first-order valence-corrected chi connectivity index (χ1v) is 7.38. The number of alkyl halides is 3. The maximum Gasteiger partial charge on any atom is 0.389 e. The molecule has 1 atom stereocenters. The van der Waals surface area contributed by atoms with E-state index in [0.29, 0.717) is 6.42 Å². The lowest BCUT2D eigenvalue weighted by atomic mass is 10.2. The van der Waals surface area contributed by atoms with Gasteiger partial charge in [-0.15, -0.1) is 0 Å². The molecule has 114 valence electrons. The number of carboxylic acids is 1. The van der Waals surface area contributed by atoms with Gasteiger partial charge < -0.3 is 5.11 Å². The molecular weight excluding hydrogens is 287 g/mol. The summed E-state index contributed by atoms with van der Waals surface area (Å²) in [6.07, 6.45) is -5.80. The van der Waals surface area contributed by atoms with Crippen molar-refractivity contribution >= 4 is 16.0 Å². The molecule has 19 heavy (non-hydrogen) atoms. The lowest BCUT2D eigenvalue weighted by molar-refractivity contribution is -0.138. The van der Waals surface area contributed by atoms with Gasteiger partial charge in [-0.25, -0.2) is 8.42 Å². The number of hydrogen-bond donors (Lipinski definition) is 1. The van der Waals surface area contributed by atoms with E-state index in [1.54, 1.807) is 6.92 Å². The number of aliphatic carboxylic acids is 1. The fraction of sp³-hybridized carbons (Fsp3) is 0.900. The molecule has 5 nitrogen and oxygen atoms in total. The molecule has 9 heteroatoms. The van der Waals surface area contributed by atoms with E-state index in [2.05, 4.69) is 0 Å². The van der Waals surface area contributed by atoms with Gasteiger partial charge in [-0.05, 0) is 19.8 Å². The molecule has 0 aliphatic carbocycles. The van der Waals surface area contributed by atoms with Crippen molar-refractivity contribution in [2.45, 2.75) is 45.3 Å². The Morgan fingerprint density at radius 2 is 1.89 bits per heavy atom. The molecule has 0 rings (SSSR count). The molecule has 0 radical (unpaired) electrons. The minimum absolute atomic E-state index is 0.381. The summed E-state index contributed by atoms with van der Waals surface area (Å²) in [7, 11) is -4.00. The molecule has 0 bridgehead atoms. The van der Waals surface area contributed by atoms with Gasteiger partial charge in [-0.2, -0.15) is 17.5 Å². The largest absolute Gasteiger partial charge is 0.480 e. The maximum absolute atomic E-state index is 12.0. The SMILES string of the molecule is CCC(C)N(CC(=O)O)S(=O)(=O)CCCC(F)(F)F. The third kappa shape index (κ3) is 7.36. The van der Waals surface area contributed by atoms with Crippen molar-refractivity contribution < 1.29 is 31.5 Å². The Hall–Kier alpha value is -0.830. The summed E-state index contributed by atoms with van der Waals surface area (Å²) < 4.78 is 60.3. The van der Waals surface area contributed by atoms with Gasteiger partial charge in [0.1, 0.15) is 6.54 Å². The van der Waals surface area contributed by atoms with Crippen molar-refractivity contribution in [3.63, 3.8) is 0 Å². The molecule has 0 saturated heterocycles. The summed E-state index contributed by atoms with van der Waals surface area (Å²) >= 11 is 0. The highest BCUT2D eigenvalue weighted by atomic mass is 32.2. The van der Waals surface area contributed by atoms with Crippen LogP contribution in [0.5, 0.6) is 0 Å². The number of rotatable bonds is 8. The summed E-state index contributed by atoms with van der Waals surface area (Å²) in [6.45, 7) is 2.46. The molecule has 0 heterocycles. The second kappa shape index (κ2) is 7.09. The Bertz CT molecular complexity index is 394. The molecule has 0 aromatic heterocycles. The highest BCUT2D eigenvalue weighted by Gasteiger charge is 2.31. The molecule has 1 unspecified atom stereocenters. The second-order valence-corrected chi connectivity index (χ2v) is 6.27. The number of sulfonamides is 1. The standard InChI is InChI=1S/C10H18F3NO4S/c1-3-8(2)14(7-9(15)16)19(17,18)6-4-5-10(11,12)13/h8H,3-7H2,1-2H3,(H,15,16). The van der Waals surface area contributed by atoms with Crippen molar-refractivity contribution in [2.75, 3.05) is 12.3 Å². The minimum atomic E-state index is -4.41. The van der Waals surface area contributed by atoms with Crippen LogP contribution in [-0.4, -0.2) is 48.3 Å². The Kier molecular flexibility index (Phi) is 6.78. The van der Waals surface area contributed by atoms with E-state index < -0.39 is 53.3 Å². The van der Waals surface area contributed by atoms with Crippen LogP contribution in [0.1, 0.15) is 33.1 Å². The molecule has 0 fully saturated rings. The number of halogens is 3. The Morgan fingerprint density at radius 3 is 2.26 bits per heavy atom. The summed E-state index contributed by atoms with van der Waals surface area (Å²) in [5.74, 6) is -2.04. The van der Waals surface area contributed by atoms with Gasteiger partial charge in [0.05, 0.1) is 5.75 Å². The van der Waals surface area contributed by atoms with Crippen molar-refractivity contribution in [1.82, 2.24) is 4.31 Å². The van der Waals surface area contributed by atoms with Gasteiger partial charge >= 0.3 is 12.1 Å². The molecule has 0 aliphatic rings. The molecule has 0 spiro atoms. The first-order valence-electron chi connectivity index (χ1n) is 5.77. The van der Waals surface area contributed by atoms with Crippen LogP contribution in [0, 0.1) is 0 Å². The molecule has 0 aliphatic heterocycles. The molecule has 0 amide bonds. The molecular formula is C10H18F3NO4S. The third-order valence-corrected chi connectivity index (χ3v) is 4.60. The van der Waals surface area contributed by atoms with Gasteiger partial charge in [-0.3, -0.25) is 4.79 Å². The number of hydrogen-bond acceptors (Lipinski definition) is 3. The van der Waals surface area contributed by atoms with Crippen molar-refractivity contribution in [1.29, 1.82) is 0 Å². The zero-order valence-electron chi connectivity index (χ0n) is 10.8. The molecule has 0 saturated carbocycles. The van der Waals surface area contributed by atoms with E-state index in [0.717, 1.165) is 4.31 Å². The van der Waals surface area contributed by atoms with Gasteiger partial charge in [-0.1, -0.05) is 6.92 Å². The average molecular weight is 305 g/mol. The smallest absolute Gasteiger partial charge is 0.389 e. The monoisotopic (exact) mass is 305 g/mol. The molecule has 0 aromatic rings. The van der Waals surface area contributed by atoms with E-state index >= 15 is 0 Å². The van der Waals surface area contributed by atoms with E-state index in [1.165, 1.54) is 6.92 Å². The Balaban J connectivity index is 4.75. The van der Waals surface area contributed by atoms with Crippen LogP contribution in [0.25, 0.3) is 0 Å². The fourth-order valence-electron chi connectivity index (χ4n) is 1.44. The summed E-state index contributed by atoms with van der Waals surface area (Å²) in [5.41, 5.74) is 0. The predicted molar refractivity (Wildman–Crippen MR) is 63.2 cm³/mol. The highest BCUT2D eigenvalue weighted by molar-refractivity contribution is 7.89. The predicted octanol–water partition coefficient (Wildman–Crippen LogP) is 1.84. The van der Waals surface area contributed by atoms with Crippen molar-refractivity contribution in [3.8, 4) is 0 Å². The normalized spacial score (nSPS) is 14.6. The van der Waals surface area contributed by atoms with E-state index in [-0.39, 0.29) is 0 Å². The first-order chi connectivity index (χ1) is 8.49. The number of nitrogens with zero attached hydrogens (tertiary/aromatic N) is 1. The first kappa shape index (κ1) is 18.2. The van der Waals surface area contributed by atoms with Crippen LogP contribution >= 0.6 is 0 Å². The summed E-state index contributed by atoms with van der Waals surface area (Å²) in [4.78, 5) is 10.6. The third-order valence-electron chi connectivity index (χ3n) is 2.59. The van der Waals surface area contributed by atoms with Crippen LogP contribution in [0.3, 0.4) is 0 Å². The van der Waals surface area contributed by atoms with Crippen LogP contribution in [-0.2, 0) is 14.8 Å². The van der Waals surface area contributed by atoms with Crippen LogP contribution in [0.4, 0.5) is 13.2 Å². The second-order valence-electron chi connectivity index (χ2n) is 4.23. The van der Waals surface area contributed by atoms with Crippen LogP contribution < -0.4 is 0 Å². The van der Waals surface area contributed by atoms with Crippen molar-refractivity contribution in [3.05, 3.63) is 0 Å². The Morgan fingerprint density at radius 1 is 1.37 bits per heavy atom. The molecule has 1 N–H and O–H groups in total.